The molecule has 21 heavy (non-hydrogen) atoms. The second kappa shape index (κ2) is 5.46. The Kier molecular flexibility index (Phi) is 3.87. The molecule has 1 unspecified atom stereocenters. The van der Waals surface area contributed by atoms with E-state index < -0.39 is 28.8 Å². The number of fused-ring (bicyclic) bond motifs is 1. The molecule has 0 aromatic heterocycles. The number of nitro groups is 1. The summed E-state index contributed by atoms with van der Waals surface area (Å²) in [6.45, 7) is -0.410. The Hall–Kier alpha value is -2.52. The number of carbonyl (C=O) groups is 2. The number of nitrogens with one attached hydrogen (secondary N) is 1. The van der Waals surface area contributed by atoms with Crippen LogP contribution < -0.4 is 5.32 Å². The molecule has 9 heteroatoms. The minimum atomic E-state index is -1.75. The Morgan fingerprint density at radius 1 is 1.43 bits per heavy atom. The second-order valence-electron chi connectivity index (χ2n) is 4.27. The summed E-state index contributed by atoms with van der Waals surface area (Å²) in [6, 6.07) is 3.69. The molecule has 0 saturated carbocycles. The van der Waals surface area contributed by atoms with Crippen molar-refractivity contribution in [2.75, 3.05) is 26.1 Å². The van der Waals surface area contributed by atoms with Crippen molar-refractivity contribution >= 4 is 23.3 Å². The normalized spacial score (nSPS) is 19.8. The number of anilines is 1. The molecule has 112 valence electrons. The number of hydrogen-bond acceptors (Lipinski definition) is 7. The molecule has 0 saturated heterocycles. The number of benzene rings is 1. The highest BCUT2D eigenvalue weighted by atomic mass is 17.2. The van der Waals surface area contributed by atoms with E-state index in [1.165, 1.54) is 25.3 Å². The van der Waals surface area contributed by atoms with Gasteiger partial charge < -0.3 is 10.1 Å². The van der Waals surface area contributed by atoms with Crippen molar-refractivity contribution < 1.29 is 29.0 Å². The van der Waals surface area contributed by atoms with Gasteiger partial charge in [0.1, 0.15) is 6.61 Å². The van der Waals surface area contributed by atoms with Crippen LogP contribution in [0.4, 0.5) is 11.4 Å². The van der Waals surface area contributed by atoms with Gasteiger partial charge in [0.15, 0.2) is 5.41 Å². The average Bonchev–Trinajstić information content (AvgIpc) is 2.76. The van der Waals surface area contributed by atoms with Crippen LogP contribution in [0, 0.1) is 10.1 Å². The van der Waals surface area contributed by atoms with Gasteiger partial charge in [-0.3, -0.25) is 19.7 Å². The minimum absolute atomic E-state index is 0.166. The van der Waals surface area contributed by atoms with Crippen molar-refractivity contribution in [1.82, 2.24) is 0 Å². The van der Waals surface area contributed by atoms with Crippen molar-refractivity contribution in [3.05, 3.63) is 33.9 Å². The third-order valence-corrected chi connectivity index (χ3v) is 3.24. The first-order chi connectivity index (χ1) is 9.97. The third kappa shape index (κ3) is 2.22. The Morgan fingerprint density at radius 3 is 2.71 bits per heavy atom. The van der Waals surface area contributed by atoms with Gasteiger partial charge in [0.2, 0.25) is 5.91 Å². The molecule has 1 atom stereocenters. The van der Waals surface area contributed by atoms with E-state index in [1.807, 2.05) is 0 Å². The number of ether oxygens (including phenoxy) is 1. The number of nitrogens with zero attached hydrogens (tertiary/aromatic N) is 1. The van der Waals surface area contributed by atoms with Crippen molar-refractivity contribution in [2.45, 2.75) is 5.41 Å². The number of carbonyl (C=O) groups excluding carboxylic acids is 2. The van der Waals surface area contributed by atoms with Crippen LogP contribution in [-0.2, 0) is 29.5 Å². The Morgan fingerprint density at radius 2 is 2.14 bits per heavy atom. The summed E-state index contributed by atoms with van der Waals surface area (Å²) in [4.78, 5) is 43.7. The van der Waals surface area contributed by atoms with E-state index in [2.05, 4.69) is 14.9 Å². The van der Waals surface area contributed by atoms with E-state index in [0.29, 0.717) is 0 Å². The fourth-order valence-corrected chi connectivity index (χ4v) is 2.20. The lowest BCUT2D eigenvalue weighted by Crippen LogP contribution is -2.47. The predicted octanol–water partition coefficient (Wildman–Crippen LogP) is 0.536. The molecule has 1 N–H and O–H groups in total. The van der Waals surface area contributed by atoms with Crippen LogP contribution in [0.5, 0.6) is 0 Å². The number of non-ortho nitro benzene ring substituents is 1. The Labute approximate surface area is 118 Å². The molecule has 0 aliphatic carbocycles. The van der Waals surface area contributed by atoms with Crippen LogP contribution >= 0.6 is 0 Å². The highest BCUT2D eigenvalue weighted by molar-refractivity contribution is 6.19. The van der Waals surface area contributed by atoms with Gasteiger partial charge in [0.05, 0.1) is 24.8 Å². The summed E-state index contributed by atoms with van der Waals surface area (Å²) >= 11 is 0. The van der Waals surface area contributed by atoms with Crippen LogP contribution in [0.15, 0.2) is 18.2 Å². The van der Waals surface area contributed by atoms with Crippen LogP contribution in [0.3, 0.4) is 0 Å². The molecular weight excluding hydrogens is 284 g/mol. The predicted molar refractivity (Wildman–Crippen MR) is 68.4 cm³/mol. The lowest BCUT2D eigenvalue weighted by molar-refractivity contribution is -0.384. The number of esters is 1. The Bertz CT molecular complexity index is 616. The minimum Gasteiger partial charge on any atom is -0.468 e. The lowest BCUT2D eigenvalue weighted by Gasteiger charge is -2.22. The van der Waals surface area contributed by atoms with Gasteiger partial charge in [-0.2, -0.15) is 0 Å². The molecule has 1 aliphatic heterocycles. The van der Waals surface area contributed by atoms with Crippen molar-refractivity contribution in [2.24, 2.45) is 0 Å². The van der Waals surface area contributed by atoms with Crippen LogP contribution in [0.2, 0.25) is 0 Å². The standard InChI is InChI=1S/C12H12N2O7/c1-19-11(16)12(6-21-20-2)8-4-3-7(14(17)18)5-9(8)13-10(12)15/h3-5H,6H2,1-2H3,(H,13,15). The van der Waals surface area contributed by atoms with E-state index in [-0.39, 0.29) is 16.9 Å². The average molecular weight is 296 g/mol. The highest BCUT2D eigenvalue weighted by Crippen LogP contribution is 2.40. The Balaban J connectivity index is 2.56. The second-order valence-corrected chi connectivity index (χ2v) is 4.27. The van der Waals surface area contributed by atoms with Gasteiger partial charge in [-0.15, -0.1) is 0 Å². The zero-order chi connectivity index (χ0) is 15.6. The summed E-state index contributed by atoms with van der Waals surface area (Å²) in [5.41, 5.74) is -1.56. The molecule has 2 rings (SSSR count). The number of nitro benzene ring substituents is 1. The van der Waals surface area contributed by atoms with E-state index in [1.54, 1.807) is 0 Å². The molecule has 0 fully saturated rings. The summed E-state index contributed by atoms with van der Waals surface area (Å²) in [5, 5.41) is 13.2. The largest absolute Gasteiger partial charge is 0.468 e. The lowest BCUT2D eigenvalue weighted by atomic mass is 9.82. The first-order valence-electron chi connectivity index (χ1n) is 5.81. The van der Waals surface area contributed by atoms with Gasteiger partial charge >= 0.3 is 5.97 Å². The van der Waals surface area contributed by atoms with Gasteiger partial charge in [-0.05, 0) is 6.07 Å². The maximum absolute atomic E-state index is 12.2. The smallest absolute Gasteiger partial charge is 0.328 e. The zero-order valence-corrected chi connectivity index (χ0v) is 11.2. The number of amides is 1. The van der Waals surface area contributed by atoms with Gasteiger partial charge in [-0.1, -0.05) is 0 Å². The van der Waals surface area contributed by atoms with E-state index in [4.69, 9.17) is 4.89 Å². The molecule has 0 radical (unpaired) electrons. The zero-order valence-electron chi connectivity index (χ0n) is 11.2. The number of rotatable bonds is 5. The monoisotopic (exact) mass is 296 g/mol. The van der Waals surface area contributed by atoms with Crippen molar-refractivity contribution in [3.63, 3.8) is 0 Å². The molecule has 1 aromatic carbocycles. The van der Waals surface area contributed by atoms with Crippen molar-refractivity contribution in [3.8, 4) is 0 Å². The van der Waals surface area contributed by atoms with Crippen molar-refractivity contribution in [1.29, 1.82) is 0 Å². The topological polar surface area (TPSA) is 117 Å². The molecule has 9 nitrogen and oxygen atoms in total. The molecular formula is C12H12N2O7. The molecule has 1 aliphatic rings. The van der Waals surface area contributed by atoms with Gasteiger partial charge in [0.25, 0.3) is 5.69 Å². The molecule has 1 heterocycles. The van der Waals surface area contributed by atoms with E-state index in [0.717, 1.165) is 7.11 Å². The van der Waals surface area contributed by atoms with E-state index >= 15 is 0 Å². The summed E-state index contributed by atoms with van der Waals surface area (Å²) < 4.78 is 4.67. The highest BCUT2D eigenvalue weighted by Gasteiger charge is 2.55. The molecule has 1 amide bonds. The van der Waals surface area contributed by atoms with E-state index in [9.17, 15) is 19.7 Å². The fourth-order valence-electron chi connectivity index (χ4n) is 2.20. The van der Waals surface area contributed by atoms with Gasteiger partial charge in [-0.25, -0.2) is 9.78 Å². The van der Waals surface area contributed by atoms with Crippen LogP contribution in [-0.4, -0.2) is 37.6 Å². The third-order valence-electron chi connectivity index (χ3n) is 3.24. The molecule has 0 spiro atoms. The van der Waals surface area contributed by atoms with Crippen LogP contribution in [0.1, 0.15) is 5.56 Å². The first kappa shape index (κ1) is 14.9. The summed E-state index contributed by atoms with van der Waals surface area (Å²) in [7, 11) is 2.36. The maximum Gasteiger partial charge on any atom is 0.328 e. The maximum atomic E-state index is 12.2. The fraction of sp³-hybridized carbons (Fsp3) is 0.333. The first-order valence-corrected chi connectivity index (χ1v) is 5.81. The number of hydrogen-bond donors (Lipinski definition) is 1. The van der Waals surface area contributed by atoms with Crippen LogP contribution in [0.25, 0.3) is 0 Å². The quantitative estimate of drug-likeness (QED) is 0.277. The van der Waals surface area contributed by atoms with Gasteiger partial charge in [0, 0.05) is 17.7 Å². The SMILES string of the molecule is COOCC1(C(=O)OC)C(=O)Nc2cc([N+](=O)[O-])ccc21. The summed E-state index contributed by atoms with van der Waals surface area (Å²) in [5.74, 6) is -1.54. The summed E-state index contributed by atoms with van der Waals surface area (Å²) in [6.07, 6.45) is 0. The number of methoxy groups -OCH3 is 1. The molecule has 1 aromatic rings. The molecule has 0 bridgehead atoms.